The second-order valence-corrected chi connectivity index (χ2v) is 7.98. The number of nitrogens with one attached hydrogen (secondary N) is 1. The van der Waals surface area contributed by atoms with Crippen LogP contribution in [0.2, 0.25) is 0 Å². The van der Waals surface area contributed by atoms with Gasteiger partial charge in [-0.05, 0) is 30.5 Å². The summed E-state index contributed by atoms with van der Waals surface area (Å²) in [6, 6.07) is 16.9. The molecule has 3 heterocycles. The summed E-state index contributed by atoms with van der Waals surface area (Å²) in [5.74, 6) is -1.42. The number of hydrogen-bond acceptors (Lipinski definition) is 7. The predicted octanol–water partition coefficient (Wildman–Crippen LogP) is 4.51. The first-order valence-corrected chi connectivity index (χ1v) is 10.8. The number of benzene rings is 2. The van der Waals surface area contributed by atoms with Crippen LogP contribution < -0.4 is 10.2 Å². The molecule has 1 aliphatic rings. The molecule has 0 saturated heterocycles. The largest absolute Gasteiger partial charge is 0.471 e. The highest BCUT2D eigenvalue weighted by Crippen LogP contribution is 2.34. The van der Waals surface area contributed by atoms with E-state index < -0.39 is 18.1 Å². The van der Waals surface area contributed by atoms with Crippen molar-refractivity contribution in [3.05, 3.63) is 84.3 Å². The van der Waals surface area contributed by atoms with Crippen molar-refractivity contribution in [1.29, 1.82) is 0 Å². The first-order chi connectivity index (χ1) is 16.9. The van der Waals surface area contributed by atoms with E-state index in [9.17, 15) is 18.0 Å². The number of anilines is 2. The molecule has 1 atom stereocenters. The summed E-state index contributed by atoms with van der Waals surface area (Å²) in [6.45, 7) is 0.226. The molecule has 35 heavy (non-hydrogen) atoms. The molecule has 0 aliphatic carbocycles. The molecule has 8 nitrogen and oxygen atoms in total. The van der Waals surface area contributed by atoms with Crippen molar-refractivity contribution in [3.63, 3.8) is 0 Å². The summed E-state index contributed by atoms with van der Waals surface area (Å²) in [4.78, 5) is 26.9. The zero-order valence-electron chi connectivity index (χ0n) is 18.2. The van der Waals surface area contributed by atoms with Crippen molar-refractivity contribution in [2.75, 3.05) is 10.2 Å². The normalized spacial score (nSPS) is 15.6. The predicted molar refractivity (Wildman–Crippen MR) is 120 cm³/mol. The molecule has 0 spiro atoms. The Morgan fingerprint density at radius 1 is 1.00 bits per heavy atom. The summed E-state index contributed by atoms with van der Waals surface area (Å²) in [6.07, 6.45) is -0.782. The van der Waals surface area contributed by atoms with E-state index in [0.717, 1.165) is 11.3 Å². The highest BCUT2D eigenvalue weighted by atomic mass is 19.4. The lowest BCUT2D eigenvalue weighted by molar-refractivity contribution is -0.159. The SMILES string of the molecule is O=C1Nc2ccccc2N(Cc2ncc(-c3noc(C(F)(F)F)n3)cn2)C1CCc1ccccc1. The van der Waals surface area contributed by atoms with Gasteiger partial charge in [-0.15, -0.1) is 0 Å². The minimum Gasteiger partial charge on any atom is -0.350 e. The lowest BCUT2D eigenvalue weighted by Gasteiger charge is -2.37. The van der Waals surface area contributed by atoms with Gasteiger partial charge in [-0.1, -0.05) is 47.6 Å². The Balaban J connectivity index is 1.38. The van der Waals surface area contributed by atoms with E-state index in [-0.39, 0.29) is 23.8 Å². The summed E-state index contributed by atoms with van der Waals surface area (Å²) >= 11 is 0. The quantitative estimate of drug-likeness (QED) is 0.434. The van der Waals surface area contributed by atoms with Crippen LogP contribution in [0.3, 0.4) is 0 Å². The third-order valence-corrected chi connectivity index (χ3v) is 5.64. The number of carbonyl (C=O) groups is 1. The van der Waals surface area contributed by atoms with Gasteiger partial charge >= 0.3 is 12.1 Å². The first-order valence-electron chi connectivity index (χ1n) is 10.8. The first kappa shape index (κ1) is 22.5. The fourth-order valence-electron chi connectivity index (χ4n) is 3.95. The molecule has 4 aromatic rings. The Bertz CT molecular complexity index is 1330. The lowest BCUT2D eigenvalue weighted by atomic mass is 10.00. The lowest BCUT2D eigenvalue weighted by Crippen LogP contribution is -2.48. The standard InChI is InChI=1S/C24H19F3N6O2/c25-24(26,27)23-31-21(32-35-23)16-12-28-20(29-13-16)14-33-18-9-5-4-8-17(18)30-22(34)19(33)11-10-15-6-2-1-3-7-15/h1-9,12-13,19H,10-11,14H2,(H,30,34). The summed E-state index contributed by atoms with van der Waals surface area (Å²) < 4.78 is 42.5. The smallest absolute Gasteiger partial charge is 0.350 e. The summed E-state index contributed by atoms with van der Waals surface area (Å²) in [5, 5.41) is 6.32. The number of carbonyl (C=O) groups excluding carboxylic acids is 1. The van der Waals surface area contributed by atoms with E-state index in [1.54, 1.807) is 0 Å². The van der Waals surface area contributed by atoms with Crippen molar-refractivity contribution in [2.24, 2.45) is 0 Å². The van der Waals surface area contributed by atoms with E-state index >= 15 is 0 Å². The zero-order valence-corrected chi connectivity index (χ0v) is 18.2. The molecule has 1 aliphatic heterocycles. The number of fused-ring (bicyclic) bond motifs is 1. The fraction of sp³-hybridized carbons (Fsp3) is 0.208. The van der Waals surface area contributed by atoms with E-state index in [0.29, 0.717) is 24.4 Å². The highest BCUT2D eigenvalue weighted by molar-refractivity contribution is 6.03. The second kappa shape index (κ2) is 9.16. The molecule has 11 heteroatoms. The summed E-state index contributed by atoms with van der Waals surface area (Å²) in [5.41, 5.74) is 2.84. The van der Waals surface area contributed by atoms with E-state index in [1.807, 2.05) is 59.5 Å². The van der Waals surface area contributed by atoms with E-state index in [4.69, 9.17) is 0 Å². The van der Waals surface area contributed by atoms with Gasteiger partial charge in [-0.25, -0.2) is 9.97 Å². The minimum atomic E-state index is -4.73. The topological polar surface area (TPSA) is 97.0 Å². The number of halogens is 3. The Morgan fingerprint density at radius 3 is 2.43 bits per heavy atom. The number of para-hydroxylation sites is 2. The number of aryl methyl sites for hydroxylation is 1. The maximum absolute atomic E-state index is 13.0. The van der Waals surface area contributed by atoms with Crippen molar-refractivity contribution in [2.45, 2.75) is 31.6 Å². The summed E-state index contributed by atoms with van der Waals surface area (Å²) in [7, 11) is 0. The van der Waals surface area contributed by atoms with Gasteiger partial charge in [0.2, 0.25) is 11.7 Å². The van der Waals surface area contributed by atoms with Crippen LogP contribution >= 0.6 is 0 Å². The fourth-order valence-corrected chi connectivity index (χ4v) is 3.95. The van der Waals surface area contributed by atoms with Crippen molar-refractivity contribution in [1.82, 2.24) is 20.1 Å². The van der Waals surface area contributed by atoms with Crippen LogP contribution in [0.1, 0.15) is 23.7 Å². The van der Waals surface area contributed by atoms with Crippen molar-refractivity contribution < 1.29 is 22.5 Å². The molecule has 0 fully saturated rings. The number of nitrogens with zero attached hydrogens (tertiary/aromatic N) is 5. The molecule has 1 unspecified atom stereocenters. The minimum absolute atomic E-state index is 0.122. The van der Waals surface area contributed by atoms with Gasteiger partial charge in [0.25, 0.3) is 0 Å². The van der Waals surface area contributed by atoms with Crippen molar-refractivity contribution >= 4 is 17.3 Å². The van der Waals surface area contributed by atoms with Gasteiger partial charge in [0, 0.05) is 12.4 Å². The molecule has 1 amide bonds. The van der Waals surface area contributed by atoms with Crippen LogP contribution in [0.25, 0.3) is 11.4 Å². The van der Waals surface area contributed by atoms with Gasteiger partial charge in [0.15, 0.2) is 0 Å². The van der Waals surface area contributed by atoms with Crippen LogP contribution in [0.5, 0.6) is 0 Å². The third-order valence-electron chi connectivity index (χ3n) is 5.64. The molecular weight excluding hydrogens is 461 g/mol. The molecule has 5 rings (SSSR count). The molecule has 1 N–H and O–H groups in total. The molecule has 178 valence electrons. The molecule has 0 bridgehead atoms. The van der Waals surface area contributed by atoms with Crippen molar-refractivity contribution in [3.8, 4) is 11.4 Å². The molecule has 2 aromatic heterocycles. The van der Waals surface area contributed by atoms with Gasteiger partial charge in [0.05, 0.1) is 23.5 Å². The van der Waals surface area contributed by atoms with Gasteiger partial charge < -0.3 is 14.7 Å². The average Bonchev–Trinajstić information content (AvgIpc) is 3.36. The van der Waals surface area contributed by atoms with Gasteiger partial charge in [-0.2, -0.15) is 18.2 Å². The Hall–Kier alpha value is -4.28. The van der Waals surface area contributed by atoms with Crippen LogP contribution in [0.4, 0.5) is 24.5 Å². The zero-order chi connectivity index (χ0) is 24.4. The van der Waals surface area contributed by atoms with Crippen LogP contribution in [-0.4, -0.2) is 32.1 Å². The van der Waals surface area contributed by atoms with Crippen LogP contribution in [0, 0.1) is 0 Å². The molecule has 0 saturated carbocycles. The van der Waals surface area contributed by atoms with E-state index in [2.05, 4.69) is 29.9 Å². The third kappa shape index (κ3) is 4.84. The van der Waals surface area contributed by atoms with Gasteiger partial charge in [-0.3, -0.25) is 4.79 Å². The molecular formula is C24H19F3N6O2. The van der Waals surface area contributed by atoms with E-state index in [1.165, 1.54) is 12.4 Å². The number of hydrogen-bond donors (Lipinski definition) is 1. The number of amides is 1. The van der Waals surface area contributed by atoms with Crippen LogP contribution in [-0.2, 0) is 23.9 Å². The Kier molecular flexibility index (Phi) is 5.89. The number of aromatic nitrogens is 4. The van der Waals surface area contributed by atoms with Gasteiger partial charge in [0.1, 0.15) is 11.9 Å². The molecule has 2 aromatic carbocycles. The average molecular weight is 480 g/mol. The number of alkyl halides is 3. The monoisotopic (exact) mass is 480 g/mol. The Morgan fingerprint density at radius 2 is 1.71 bits per heavy atom. The second-order valence-electron chi connectivity index (χ2n) is 7.98. The maximum atomic E-state index is 13.0. The highest BCUT2D eigenvalue weighted by Gasteiger charge is 2.38. The Labute approximate surface area is 197 Å². The maximum Gasteiger partial charge on any atom is 0.471 e. The number of rotatable bonds is 6. The molecule has 0 radical (unpaired) electrons. The van der Waals surface area contributed by atoms with Crippen LogP contribution in [0.15, 0.2) is 71.5 Å².